The zero-order valence-electron chi connectivity index (χ0n) is 23.8. The molecule has 0 bridgehead atoms. The van der Waals surface area contributed by atoms with Crippen LogP contribution in [0.15, 0.2) is 54.9 Å². The molecule has 39 heavy (non-hydrogen) atoms. The van der Waals surface area contributed by atoms with Crippen LogP contribution in [-0.2, 0) is 20.9 Å². The Balaban J connectivity index is 1.51. The minimum absolute atomic E-state index is 0.0688. The number of aromatic nitrogens is 1. The number of unbranched alkanes of at least 4 members (excludes halogenated alkanes) is 10. The monoisotopic (exact) mass is 536 g/mol. The molecule has 0 aliphatic carbocycles. The number of carbonyl (C=O) groups is 3. The first-order valence-corrected chi connectivity index (χ1v) is 14.9. The summed E-state index contributed by atoms with van der Waals surface area (Å²) >= 11 is 0. The number of hydrogen-bond acceptors (Lipinski definition) is 4. The Morgan fingerprint density at radius 1 is 0.692 bits per heavy atom. The van der Waals surface area contributed by atoms with Gasteiger partial charge in [0.25, 0.3) is 0 Å². The maximum atomic E-state index is 12.9. The third-order valence-electron chi connectivity index (χ3n) is 6.83. The van der Waals surface area contributed by atoms with E-state index in [4.69, 9.17) is 0 Å². The lowest BCUT2D eigenvalue weighted by Gasteiger charge is -2.19. The molecule has 0 aliphatic rings. The van der Waals surface area contributed by atoms with Crippen molar-refractivity contribution in [3.05, 3.63) is 66.0 Å². The van der Waals surface area contributed by atoms with E-state index in [1.165, 1.54) is 12.8 Å². The Labute approximate surface area is 235 Å². The van der Waals surface area contributed by atoms with Crippen LogP contribution in [0.1, 0.15) is 114 Å². The summed E-state index contributed by atoms with van der Waals surface area (Å²) in [4.78, 5) is 41.3. The lowest BCUT2D eigenvalue weighted by Crippen LogP contribution is -2.40. The van der Waals surface area contributed by atoms with Crippen LogP contribution >= 0.6 is 0 Å². The van der Waals surface area contributed by atoms with Crippen molar-refractivity contribution < 1.29 is 14.4 Å². The maximum Gasteiger partial charge on any atom is 0.247 e. The average Bonchev–Trinajstić information content (AvgIpc) is 2.96. The van der Waals surface area contributed by atoms with E-state index < -0.39 is 6.04 Å². The molecule has 0 aliphatic heterocycles. The van der Waals surface area contributed by atoms with Gasteiger partial charge >= 0.3 is 0 Å². The van der Waals surface area contributed by atoms with Gasteiger partial charge in [-0.05, 0) is 42.5 Å². The third-order valence-corrected chi connectivity index (χ3v) is 6.83. The first kappa shape index (κ1) is 32.0. The molecule has 0 saturated carbocycles. The summed E-state index contributed by atoms with van der Waals surface area (Å²) in [6, 6.07) is 12.6. The number of nitrogens with one attached hydrogen (secondary N) is 3. The van der Waals surface area contributed by atoms with Crippen LogP contribution in [0.25, 0.3) is 0 Å². The summed E-state index contributed by atoms with van der Waals surface area (Å²) in [7, 11) is 0. The molecule has 1 heterocycles. The van der Waals surface area contributed by atoms with Crippen molar-refractivity contribution in [1.82, 2.24) is 20.9 Å². The molecule has 0 spiro atoms. The summed E-state index contributed by atoms with van der Waals surface area (Å²) in [5.74, 6) is -0.108. The van der Waals surface area contributed by atoms with Gasteiger partial charge < -0.3 is 16.0 Å². The Bertz CT molecular complexity index is 937. The van der Waals surface area contributed by atoms with Crippen LogP contribution in [0.2, 0.25) is 0 Å². The summed E-state index contributed by atoms with van der Waals surface area (Å²) in [6.07, 6.45) is 17.3. The van der Waals surface area contributed by atoms with E-state index >= 15 is 0 Å². The molecule has 7 heteroatoms. The molecular weight excluding hydrogens is 488 g/mol. The predicted octanol–water partition coefficient (Wildman–Crippen LogP) is 6.15. The fourth-order valence-electron chi connectivity index (χ4n) is 4.47. The van der Waals surface area contributed by atoms with Gasteiger partial charge in [0.2, 0.25) is 17.7 Å². The topological polar surface area (TPSA) is 100 Å². The molecule has 3 N–H and O–H groups in total. The van der Waals surface area contributed by atoms with Crippen LogP contribution in [0.4, 0.5) is 0 Å². The second-order valence-corrected chi connectivity index (χ2v) is 10.2. The number of pyridine rings is 1. The first-order valence-electron chi connectivity index (χ1n) is 14.9. The van der Waals surface area contributed by atoms with Crippen molar-refractivity contribution in [2.45, 2.75) is 109 Å². The summed E-state index contributed by atoms with van der Waals surface area (Å²) in [6.45, 7) is 3.32. The summed E-state index contributed by atoms with van der Waals surface area (Å²) in [5.41, 5.74) is 1.87. The standard InChI is InChI=1S/C32H48N4O3/c1-2-3-4-14-20-30(38)36-31(28-17-12-11-13-18-28)32(39)34-23-16-10-8-6-5-7-9-15-19-29(37)35-26-27-21-24-33-25-22-27/h11-13,17-18,21-22,24-25,31H,2-10,14-16,19-20,23,26H2,1H3,(H,34,39)(H,35,37)(H,36,38). The molecular formula is C32H48N4O3. The lowest BCUT2D eigenvalue weighted by atomic mass is 10.0. The van der Waals surface area contributed by atoms with Crippen LogP contribution < -0.4 is 16.0 Å². The molecule has 1 aromatic heterocycles. The molecule has 1 aromatic carbocycles. The second kappa shape index (κ2) is 20.7. The Morgan fingerprint density at radius 3 is 1.95 bits per heavy atom. The highest BCUT2D eigenvalue weighted by Gasteiger charge is 2.22. The fraction of sp³-hybridized carbons (Fsp3) is 0.562. The Hall–Kier alpha value is -3.22. The van der Waals surface area contributed by atoms with Crippen molar-refractivity contribution in [2.24, 2.45) is 0 Å². The second-order valence-electron chi connectivity index (χ2n) is 10.2. The number of nitrogens with zero attached hydrogens (tertiary/aromatic N) is 1. The SMILES string of the molecule is CCCCCCC(=O)NC(C(=O)NCCCCCCCCCCC(=O)NCc1ccncc1)c1ccccc1. The molecule has 3 amide bonds. The zero-order valence-corrected chi connectivity index (χ0v) is 23.8. The summed E-state index contributed by atoms with van der Waals surface area (Å²) in [5, 5.41) is 8.91. The molecule has 1 atom stereocenters. The Kier molecular flexibility index (Phi) is 17.0. The van der Waals surface area contributed by atoms with Crippen LogP contribution in [0, 0.1) is 0 Å². The van der Waals surface area contributed by atoms with Gasteiger partial charge in [-0.25, -0.2) is 0 Å². The first-order chi connectivity index (χ1) is 19.1. The lowest BCUT2D eigenvalue weighted by molar-refractivity contribution is -0.129. The van der Waals surface area contributed by atoms with Crippen molar-refractivity contribution in [3.8, 4) is 0 Å². The van der Waals surface area contributed by atoms with Crippen molar-refractivity contribution >= 4 is 17.7 Å². The number of rotatable bonds is 21. The minimum Gasteiger partial charge on any atom is -0.354 e. The van der Waals surface area contributed by atoms with Gasteiger partial charge in [0, 0.05) is 38.3 Å². The quantitative estimate of drug-likeness (QED) is 0.167. The van der Waals surface area contributed by atoms with E-state index in [1.54, 1.807) is 12.4 Å². The van der Waals surface area contributed by atoms with Gasteiger partial charge in [0.05, 0.1) is 0 Å². The van der Waals surface area contributed by atoms with E-state index in [0.717, 1.165) is 75.3 Å². The van der Waals surface area contributed by atoms with Gasteiger partial charge in [-0.2, -0.15) is 0 Å². The molecule has 214 valence electrons. The van der Waals surface area contributed by atoms with E-state index in [0.29, 0.717) is 25.9 Å². The predicted molar refractivity (Wildman–Crippen MR) is 157 cm³/mol. The van der Waals surface area contributed by atoms with E-state index in [9.17, 15) is 14.4 Å². The smallest absolute Gasteiger partial charge is 0.247 e. The highest BCUT2D eigenvalue weighted by Crippen LogP contribution is 2.14. The molecule has 2 rings (SSSR count). The van der Waals surface area contributed by atoms with Crippen molar-refractivity contribution in [2.75, 3.05) is 6.54 Å². The van der Waals surface area contributed by atoms with Gasteiger partial charge in [-0.3, -0.25) is 19.4 Å². The van der Waals surface area contributed by atoms with E-state index in [2.05, 4.69) is 27.9 Å². The van der Waals surface area contributed by atoms with Crippen molar-refractivity contribution in [3.63, 3.8) is 0 Å². The number of amides is 3. The minimum atomic E-state index is -0.650. The van der Waals surface area contributed by atoms with Crippen molar-refractivity contribution in [1.29, 1.82) is 0 Å². The molecule has 7 nitrogen and oxygen atoms in total. The fourth-order valence-corrected chi connectivity index (χ4v) is 4.47. The Morgan fingerprint density at radius 2 is 1.28 bits per heavy atom. The molecule has 0 saturated heterocycles. The van der Waals surface area contributed by atoms with Crippen LogP contribution in [-0.4, -0.2) is 29.3 Å². The average molecular weight is 537 g/mol. The number of hydrogen-bond donors (Lipinski definition) is 3. The van der Waals surface area contributed by atoms with Gasteiger partial charge in [-0.15, -0.1) is 0 Å². The van der Waals surface area contributed by atoms with E-state index in [-0.39, 0.29) is 17.7 Å². The molecule has 0 radical (unpaired) electrons. The van der Waals surface area contributed by atoms with E-state index in [1.807, 2.05) is 42.5 Å². The molecule has 0 fully saturated rings. The summed E-state index contributed by atoms with van der Waals surface area (Å²) < 4.78 is 0. The molecule has 1 unspecified atom stereocenters. The highest BCUT2D eigenvalue weighted by atomic mass is 16.2. The highest BCUT2D eigenvalue weighted by molar-refractivity contribution is 5.88. The number of carbonyl (C=O) groups excluding carboxylic acids is 3. The van der Waals surface area contributed by atoms with Crippen LogP contribution in [0.3, 0.4) is 0 Å². The largest absolute Gasteiger partial charge is 0.354 e. The maximum absolute atomic E-state index is 12.9. The molecule has 2 aromatic rings. The third kappa shape index (κ3) is 15.1. The zero-order chi connectivity index (χ0) is 28.0. The van der Waals surface area contributed by atoms with Gasteiger partial charge in [-0.1, -0.05) is 95.0 Å². The van der Waals surface area contributed by atoms with Gasteiger partial charge in [0.15, 0.2) is 0 Å². The van der Waals surface area contributed by atoms with Gasteiger partial charge in [0.1, 0.15) is 6.04 Å². The number of benzene rings is 1. The van der Waals surface area contributed by atoms with Crippen LogP contribution in [0.5, 0.6) is 0 Å². The normalized spacial score (nSPS) is 11.5.